The second-order valence-corrected chi connectivity index (χ2v) is 8.03. The number of Topliss-reactive ketones (excluding diaryl/α,β-unsaturated/α-hetero) is 1. The first kappa shape index (κ1) is 26.2. The molecule has 196 valence electrons. The van der Waals surface area contributed by atoms with Gasteiger partial charge in [-0.1, -0.05) is 12.1 Å². The number of carbonyl (C=O) groups excluding carboxylic acids is 1. The highest BCUT2D eigenvalue weighted by Gasteiger charge is 2.36. The van der Waals surface area contributed by atoms with Crippen LogP contribution in [-0.4, -0.2) is 45.3 Å². The predicted molar refractivity (Wildman–Crippen MR) is 137 cm³/mol. The van der Waals surface area contributed by atoms with E-state index in [0.717, 1.165) is 0 Å². The molecule has 2 aromatic heterocycles. The zero-order valence-electron chi connectivity index (χ0n) is 21.2. The first-order valence-electron chi connectivity index (χ1n) is 11.5. The zero-order valence-corrected chi connectivity index (χ0v) is 21.2. The highest BCUT2D eigenvalue weighted by atomic mass is 16.5. The van der Waals surface area contributed by atoms with Crippen molar-refractivity contribution in [3.8, 4) is 23.0 Å². The van der Waals surface area contributed by atoms with Crippen molar-refractivity contribution in [2.45, 2.75) is 5.92 Å². The summed E-state index contributed by atoms with van der Waals surface area (Å²) >= 11 is 0. The van der Waals surface area contributed by atoms with Crippen LogP contribution in [0.5, 0.6) is 23.0 Å². The highest BCUT2D eigenvalue weighted by molar-refractivity contribution is 6.27. The van der Waals surface area contributed by atoms with Gasteiger partial charge in [-0.2, -0.15) is 0 Å². The van der Waals surface area contributed by atoms with Crippen molar-refractivity contribution in [2.75, 3.05) is 28.4 Å². The highest BCUT2D eigenvalue weighted by Crippen LogP contribution is 2.43. The van der Waals surface area contributed by atoms with Gasteiger partial charge in [-0.15, -0.1) is 0 Å². The lowest BCUT2D eigenvalue weighted by atomic mass is 9.82. The van der Waals surface area contributed by atoms with E-state index in [9.17, 15) is 14.7 Å². The minimum atomic E-state index is -1.31. The number of allylic oxidation sites excluding steroid dienone is 1. The van der Waals surface area contributed by atoms with Gasteiger partial charge in [0.15, 0.2) is 17.3 Å². The van der Waals surface area contributed by atoms with Crippen LogP contribution < -0.4 is 18.9 Å². The Balaban J connectivity index is 2.06. The molecule has 2 heterocycles. The van der Waals surface area contributed by atoms with Gasteiger partial charge in [-0.05, 0) is 54.1 Å². The fourth-order valence-electron chi connectivity index (χ4n) is 4.24. The summed E-state index contributed by atoms with van der Waals surface area (Å²) in [5.74, 6) is -0.953. The molecule has 4 aromatic rings. The number of ketones is 1. The predicted octanol–water partition coefficient (Wildman–Crippen LogP) is 5.46. The number of furan rings is 2. The first-order valence-corrected chi connectivity index (χ1v) is 11.5. The number of aliphatic carboxylic acids is 1. The van der Waals surface area contributed by atoms with Crippen molar-refractivity contribution >= 4 is 17.3 Å². The summed E-state index contributed by atoms with van der Waals surface area (Å²) in [6.07, 6.45) is 2.89. The molecule has 0 aliphatic rings. The summed E-state index contributed by atoms with van der Waals surface area (Å²) in [5.41, 5.74) is 0.0909. The molecule has 0 fully saturated rings. The van der Waals surface area contributed by atoms with E-state index in [0.29, 0.717) is 23.0 Å². The fourth-order valence-corrected chi connectivity index (χ4v) is 4.24. The molecular weight excluding hydrogens is 492 g/mol. The van der Waals surface area contributed by atoms with Gasteiger partial charge in [0.25, 0.3) is 0 Å². The number of benzene rings is 2. The zero-order chi connectivity index (χ0) is 27.2. The molecule has 0 saturated heterocycles. The second kappa shape index (κ2) is 11.4. The molecule has 0 saturated carbocycles. The van der Waals surface area contributed by atoms with Gasteiger partial charge in [0.05, 0.1) is 46.5 Å². The van der Waals surface area contributed by atoms with Crippen molar-refractivity contribution in [3.63, 3.8) is 0 Å². The van der Waals surface area contributed by atoms with Gasteiger partial charge in [0.1, 0.15) is 23.2 Å². The minimum absolute atomic E-state index is 0.0816. The Kier molecular flexibility index (Phi) is 7.86. The van der Waals surface area contributed by atoms with Crippen LogP contribution in [0.4, 0.5) is 0 Å². The molecule has 0 amide bonds. The number of carboxylic acid groups (broad SMARTS) is 1. The molecule has 0 radical (unpaired) electrons. The summed E-state index contributed by atoms with van der Waals surface area (Å²) in [6, 6.07) is 16.0. The SMILES string of the molecule is COc1ccc(/C(C(=O)O)=C(\C(=O)c2cc(OC)c(OC)c(OC)c2)C(c2ccco2)c2ccco2)cc1. The van der Waals surface area contributed by atoms with Crippen molar-refractivity contribution in [2.24, 2.45) is 0 Å². The van der Waals surface area contributed by atoms with Crippen molar-refractivity contribution in [1.82, 2.24) is 0 Å². The molecule has 9 nitrogen and oxygen atoms in total. The fraction of sp³-hybridized carbons (Fsp3) is 0.172. The molecule has 1 N–H and O–H groups in total. The monoisotopic (exact) mass is 518 g/mol. The van der Waals surface area contributed by atoms with E-state index in [1.165, 1.54) is 53.1 Å². The maximum Gasteiger partial charge on any atom is 0.336 e. The quantitative estimate of drug-likeness (QED) is 0.204. The van der Waals surface area contributed by atoms with Crippen molar-refractivity contribution in [3.05, 3.63) is 101 Å². The van der Waals surface area contributed by atoms with Crippen LogP contribution in [0.3, 0.4) is 0 Å². The van der Waals surface area contributed by atoms with Gasteiger partial charge in [0.2, 0.25) is 5.75 Å². The van der Waals surface area contributed by atoms with E-state index < -0.39 is 17.7 Å². The van der Waals surface area contributed by atoms with Crippen LogP contribution in [0.2, 0.25) is 0 Å². The Morgan fingerprint density at radius 3 is 1.68 bits per heavy atom. The summed E-state index contributed by atoms with van der Waals surface area (Å²) < 4.78 is 32.8. The number of carboxylic acids is 1. The van der Waals surface area contributed by atoms with E-state index in [2.05, 4.69) is 0 Å². The summed E-state index contributed by atoms with van der Waals surface area (Å²) in [4.78, 5) is 27.2. The van der Waals surface area contributed by atoms with Crippen LogP contribution in [0.25, 0.3) is 5.57 Å². The molecule has 2 aromatic carbocycles. The Bertz CT molecular complexity index is 1370. The lowest BCUT2D eigenvalue weighted by molar-refractivity contribution is -0.130. The van der Waals surface area contributed by atoms with E-state index in [1.807, 2.05) is 0 Å². The smallest absolute Gasteiger partial charge is 0.336 e. The summed E-state index contributed by atoms with van der Waals surface area (Å²) in [7, 11) is 5.81. The van der Waals surface area contributed by atoms with Crippen molar-refractivity contribution < 1.29 is 42.5 Å². The summed E-state index contributed by atoms with van der Waals surface area (Å²) in [5, 5.41) is 10.5. The molecular formula is C29H26O9. The normalized spacial score (nSPS) is 11.6. The first-order chi connectivity index (χ1) is 18.4. The second-order valence-electron chi connectivity index (χ2n) is 8.03. The number of carbonyl (C=O) groups is 2. The number of hydrogen-bond acceptors (Lipinski definition) is 8. The average molecular weight is 519 g/mol. The number of ether oxygens (including phenoxy) is 4. The third-order valence-corrected chi connectivity index (χ3v) is 5.98. The molecule has 0 unspecified atom stereocenters. The third-order valence-electron chi connectivity index (χ3n) is 5.98. The number of rotatable bonds is 11. The maximum atomic E-state index is 14.4. The largest absolute Gasteiger partial charge is 0.497 e. The van der Waals surface area contributed by atoms with Crippen LogP contribution >= 0.6 is 0 Å². The van der Waals surface area contributed by atoms with Gasteiger partial charge in [-0.3, -0.25) is 4.79 Å². The van der Waals surface area contributed by atoms with E-state index in [1.54, 1.807) is 48.5 Å². The Hall–Kier alpha value is -4.92. The number of hydrogen-bond donors (Lipinski definition) is 1. The van der Waals surface area contributed by atoms with Crippen LogP contribution in [-0.2, 0) is 4.79 Å². The van der Waals surface area contributed by atoms with Gasteiger partial charge in [-0.25, -0.2) is 4.79 Å². The Morgan fingerprint density at radius 1 is 0.737 bits per heavy atom. The molecule has 0 aliphatic heterocycles. The van der Waals surface area contributed by atoms with Gasteiger partial charge >= 0.3 is 5.97 Å². The van der Waals surface area contributed by atoms with Crippen molar-refractivity contribution in [1.29, 1.82) is 0 Å². The summed E-state index contributed by atoms with van der Waals surface area (Å²) in [6.45, 7) is 0. The minimum Gasteiger partial charge on any atom is -0.497 e. The molecule has 0 atom stereocenters. The third kappa shape index (κ3) is 4.99. The molecule has 38 heavy (non-hydrogen) atoms. The Morgan fingerprint density at radius 2 is 1.29 bits per heavy atom. The van der Waals surface area contributed by atoms with E-state index >= 15 is 0 Å². The van der Waals surface area contributed by atoms with Gasteiger partial charge in [0, 0.05) is 11.1 Å². The average Bonchev–Trinajstić information content (AvgIpc) is 3.67. The van der Waals surface area contributed by atoms with Crippen LogP contribution in [0.15, 0.2) is 87.6 Å². The molecule has 0 aliphatic carbocycles. The molecule has 4 rings (SSSR count). The van der Waals surface area contributed by atoms with Gasteiger partial charge < -0.3 is 32.9 Å². The van der Waals surface area contributed by atoms with Crippen LogP contribution in [0, 0.1) is 0 Å². The molecule has 9 heteroatoms. The lowest BCUT2D eigenvalue weighted by Crippen LogP contribution is -2.19. The topological polar surface area (TPSA) is 118 Å². The number of methoxy groups -OCH3 is 4. The van der Waals surface area contributed by atoms with E-state index in [-0.39, 0.29) is 33.8 Å². The molecule has 0 spiro atoms. The van der Waals surface area contributed by atoms with E-state index in [4.69, 9.17) is 27.8 Å². The van der Waals surface area contributed by atoms with Crippen LogP contribution in [0.1, 0.15) is 33.4 Å². The molecule has 0 bridgehead atoms. The maximum absolute atomic E-state index is 14.4. The lowest BCUT2D eigenvalue weighted by Gasteiger charge is -2.21. The Labute approximate surface area is 218 Å². The standard InChI is InChI=1S/C29H26O9/c1-33-19-11-9-17(10-12-19)24(29(31)32)26(25(20-7-5-13-37-20)21-8-6-14-38-21)27(30)18-15-22(34-2)28(36-4)23(16-18)35-3/h5-16,25H,1-4H3,(H,31,32)/b26-24+.